The molecule has 0 bridgehead atoms. The van der Waals surface area contributed by atoms with Crippen LogP contribution in [0.2, 0.25) is 15.1 Å². The molecule has 106 valence electrons. The second-order valence-corrected chi connectivity index (χ2v) is 7.56. The number of rotatable bonds is 3. The lowest BCUT2D eigenvalue weighted by atomic mass is 9.96. The molecule has 19 heavy (non-hydrogen) atoms. The van der Waals surface area contributed by atoms with Gasteiger partial charge in [-0.15, -0.1) is 0 Å². The maximum Gasteiger partial charge on any atom is 0.242 e. The summed E-state index contributed by atoms with van der Waals surface area (Å²) >= 11 is 17.6. The Labute approximate surface area is 128 Å². The summed E-state index contributed by atoms with van der Waals surface area (Å²) in [5, 5.41) is 0.496. The van der Waals surface area contributed by atoms with Crippen molar-refractivity contribution < 1.29 is 8.42 Å². The first-order valence-corrected chi connectivity index (χ1v) is 8.69. The second-order valence-electron chi connectivity index (χ2n) is 4.65. The molecule has 0 aromatic heterocycles. The average Bonchev–Trinajstić information content (AvgIpc) is 2.34. The van der Waals surface area contributed by atoms with Crippen LogP contribution in [0.1, 0.15) is 32.1 Å². The van der Waals surface area contributed by atoms with Gasteiger partial charge in [0.1, 0.15) is 4.90 Å². The maximum absolute atomic E-state index is 12.3. The van der Waals surface area contributed by atoms with Crippen molar-refractivity contribution >= 4 is 44.8 Å². The summed E-state index contributed by atoms with van der Waals surface area (Å²) in [5.74, 6) is 0. The van der Waals surface area contributed by atoms with Crippen molar-refractivity contribution in [3.63, 3.8) is 0 Å². The largest absolute Gasteiger partial charge is 0.242 e. The number of hydrogen-bond acceptors (Lipinski definition) is 2. The van der Waals surface area contributed by atoms with E-state index < -0.39 is 10.0 Å². The van der Waals surface area contributed by atoms with Crippen molar-refractivity contribution in [2.24, 2.45) is 0 Å². The van der Waals surface area contributed by atoms with E-state index in [0.29, 0.717) is 0 Å². The first-order valence-electron chi connectivity index (χ1n) is 6.07. The number of nitrogens with one attached hydrogen (secondary N) is 1. The van der Waals surface area contributed by atoms with Gasteiger partial charge in [-0.05, 0) is 25.0 Å². The normalized spacial score (nSPS) is 17.6. The van der Waals surface area contributed by atoms with E-state index in [2.05, 4.69) is 4.72 Å². The van der Waals surface area contributed by atoms with Crippen LogP contribution in [0.3, 0.4) is 0 Å². The van der Waals surface area contributed by atoms with Crippen LogP contribution in [0.25, 0.3) is 0 Å². The molecule has 0 radical (unpaired) electrons. The van der Waals surface area contributed by atoms with Gasteiger partial charge in [-0.1, -0.05) is 54.1 Å². The van der Waals surface area contributed by atoms with Crippen molar-refractivity contribution in [2.75, 3.05) is 0 Å². The van der Waals surface area contributed by atoms with E-state index in [0.717, 1.165) is 32.1 Å². The zero-order valence-corrected chi connectivity index (χ0v) is 13.2. The molecule has 3 nitrogen and oxygen atoms in total. The lowest BCUT2D eigenvalue weighted by Crippen LogP contribution is -2.36. The number of sulfonamides is 1. The van der Waals surface area contributed by atoms with E-state index in [-0.39, 0.29) is 26.0 Å². The molecule has 2 rings (SSSR count). The molecule has 7 heteroatoms. The topological polar surface area (TPSA) is 46.2 Å². The minimum absolute atomic E-state index is 0.0193. The molecule has 0 unspecified atom stereocenters. The summed E-state index contributed by atoms with van der Waals surface area (Å²) in [6.07, 6.45) is 4.96. The molecule has 1 fully saturated rings. The first-order chi connectivity index (χ1) is 8.90. The lowest BCUT2D eigenvalue weighted by molar-refractivity contribution is 0.412. The summed E-state index contributed by atoms with van der Waals surface area (Å²) in [6.45, 7) is 0. The molecule has 0 heterocycles. The molecular formula is C12H14Cl3NO2S. The molecular weight excluding hydrogens is 329 g/mol. The predicted octanol–water partition coefficient (Wildman–Crippen LogP) is 4.26. The van der Waals surface area contributed by atoms with Crippen LogP contribution in [0.15, 0.2) is 17.0 Å². The zero-order valence-electron chi connectivity index (χ0n) is 10.1. The fraction of sp³-hybridized carbons (Fsp3) is 0.500. The fourth-order valence-electron chi connectivity index (χ4n) is 2.21. The smallest absolute Gasteiger partial charge is 0.208 e. The minimum Gasteiger partial charge on any atom is -0.208 e. The van der Waals surface area contributed by atoms with Crippen LogP contribution in [0.5, 0.6) is 0 Å². The number of hydrogen-bond donors (Lipinski definition) is 1. The van der Waals surface area contributed by atoms with E-state index >= 15 is 0 Å². The molecule has 1 aromatic carbocycles. The molecule has 1 aromatic rings. The molecule has 1 N–H and O–H groups in total. The molecule has 1 aliphatic carbocycles. The van der Waals surface area contributed by atoms with Crippen LogP contribution in [-0.4, -0.2) is 14.5 Å². The Hall–Kier alpha value is -0.000000000000000167. The highest BCUT2D eigenvalue weighted by Crippen LogP contribution is 2.32. The van der Waals surface area contributed by atoms with Crippen LogP contribution in [0, 0.1) is 0 Å². The Morgan fingerprint density at radius 1 is 0.947 bits per heavy atom. The van der Waals surface area contributed by atoms with Crippen LogP contribution in [-0.2, 0) is 10.0 Å². The van der Waals surface area contributed by atoms with Gasteiger partial charge in [0.25, 0.3) is 0 Å². The first kappa shape index (κ1) is 15.4. The third-order valence-electron chi connectivity index (χ3n) is 3.19. The molecule has 0 atom stereocenters. The van der Waals surface area contributed by atoms with Crippen LogP contribution < -0.4 is 4.72 Å². The van der Waals surface area contributed by atoms with Gasteiger partial charge in [-0.3, -0.25) is 0 Å². The van der Waals surface area contributed by atoms with Gasteiger partial charge in [0, 0.05) is 6.04 Å². The minimum atomic E-state index is -3.65. The van der Waals surface area contributed by atoms with Crippen molar-refractivity contribution in [2.45, 2.75) is 43.0 Å². The van der Waals surface area contributed by atoms with Crippen molar-refractivity contribution in [3.8, 4) is 0 Å². The van der Waals surface area contributed by atoms with E-state index in [1.165, 1.54) is 12.1 Å². The third kappa shape index (κ3) is 3.76. The Balaban J connectivity index is 2.26. The van der Waals surface area contributed by atoms with E-state index in [1.54, 1.807) is 0 Å². The summed E-state index contributed by atoms with van der Waals surface area (Å²) in [4.78, 5) is -0.0193. The van der Waals surface area contributed by atoms with E-state index in [1.807, 2.05) is 0 Å². The Morgan fingerprint density at radius 2 is 1.53 bits per heavy atom. The van der Waals surface area contributed by atoms with Crippen LogP contribution >= 0.6 is 34.8 Å². The lowest BCUT2D eigenvalue weighted by Gasteiger charge is -2.23. The van der Waals surface area contributed by atoms with E-state index in [4.69, 9.17) is 34.8 Å². The quantitative estimate of drug-likeness (QED) is 0.834. The molecule has 0 spiro atoms. The Bertz CT molecular complexity index is 569. The fourth-order valence-corrected chi connectivity index (χ4v) is 4.52. The van der Waals surface area contributed by atoms with Crippen molar-refractivity contribution in [1.82, 2.24) is 4.72 Å². The summed E-state index contributed by atoms with van der Waals surface area (Å²) < 4.78 is 27.3. The summed E-state index contributed by atoms with van der Waals surface area (Å²) in [5.41, 5.74) is 0. The van der Waals surface area contributed by atoms with Gasteiger partial charge in [-0.25, -0.2) is 13.1 Å². The second kappa shape index (κ2) is 6.19. The number of halogens is 3. The standard InChI is InChI=1S/C12H14Cl3NO2S/c13-9-6-11(15)12(7-10(9)14)19(17,18)16-8-4-2-1-3-5-8/h6-8,16H,1-5H2. The van der Waals surface area contributed by atoms with E-state index in [9.17, 15) is 8.42 Å². The highest BCUT2D eigenvalue weighted by Gasteiger charge is 2.24. The van der Waals surface area contributed by atoms with Gasteiger partial charge in [0.2, 0.25) is 10.0 Å². The third-order valence-corrected chi connectivity index (χ3v) is 5.90. The van der Waals surface area contributed by atoms with Gasteiger partial charge >= 0.3 is 0 Å². The predicted molar refractivity (Wildman–Crippen MR) is 78.7 cm³/mol. The maximum atomic E-state index is 12.3. The number of benzene rings is 1. The van der Waals surface area contributed by atoms with Gasteiger partial charge in [0.05, 0.1) is 15.1 Å². The van der Waals surface area contributed by atoms with Gasteiger partial charge < -0.3 is 0 Å². The molecule has 1 saturated carbocycles. The van der Waals surface area contributed by atoms with Crippen molar-refractivity contribution in [3.05, 3.63) is 27.2 Å². The Kier molecular flexibility index (Phi) is 5.01. The summed E-state index contributed by atoms with van der Waals surface area (Å²) in [7, 11) is -3.65. The van der Waals surface area contributed by atoms with Gasteiger partial charge in [0.15, 0.2) is 0 Å². The molecule has 0 aliphatic heterocycles. The Morgan fingerprint density at radius 3 is 2.16 bits per heavy atom. The SMILES string of the molecule is O=S(=O)(NC1CCCCC1)c1cc(Cl)c(Cl)cc1Cl. The summed E-state index contributed by atoms with van der Waals surface area (Å²) in [6, 6.07) is 2.61. The average molecular weight is 343 g/mol. The van der Waals surface area contributed by atoms with Gasteiger partial charge in [-0.2, -0.15) is 0 Å². The van der Waals surface area contributed by atoms with Crippen LogP contribution in [0.4, 0.5) is 0 Å². The van der Waals surface area contributed by atoms with Crippen molar-refractivity contribution in [1.29, 1.82) is 0 Å². The monoisotopic (exact) mass is 341 g/mol. The molecule has 0 saturated heterocycles. The highest BCUT2D eigenvalue weighted by molar-refractivity contribution is 7.89. The highest BCUT2D eigenvalue weighted by atomic mass is 35.5. The molecule has 1 aliphatic rings. The molecule has 0 amide bonds. The zero-order chi connectivity index (χ0) is 14.0.